The van der Waals surface area contributed by atoms with Crippen LogP contribution in [-0.4, -0.2) is 31.0 Å². The van der Waals surface area contributed by atoms with E-state index in [1.807, 2.05) is 43.3 Å². The first kappa shape index (κ1) is 20.7. The summed E-state index contributed by atoms with van der Waals surface area (Å²) in [7, 11) is 0. The first-order valence-electron chi connectivity index (χ1n) is 10.5. The SMILES string of the molecule is CC(N)(c1cccc(-c2ccc3cnn(-c4cccc(C(F)F)n4)c3c2)n1)C1CC(O)C1. The number of aromatic nitrogens is 4. The lowest BCUT2D eigenvalue weighted by Crippen LogP contribution is -2.49. The molecule has 3 heterocycles. The molecule has 0 saturated heterocycles. The Labute approximate surface area is 183 Å². The molecule has 1 aliphatic carbocycles. The molecule has 0 spiro atoms. The number of benzene rings is 1. The minimum absolute atomic E-state index is 0.178. The van der Waals surface area contributed by atoms with Gasteiger partial charge in [0.05, 0.1) is 34.7 Å². The van der Waals surface area contributed by atoms with Crippen molar-refractivity contribution in [3.8, 4) is 17.1 Å². The third kappa shape index (κ3) is 3.55. The first-order valence-corrected chi connectivity index (χ1v) is 10.5. The van der Waals surface area contributed by atoms with Crippen LogP contribution in [0.25, 0.3) is 28.0 Å². The highest BCUT2D eigenvalue weighted by Gasteiger charge is 2.41. The molecule has 8 heteroatoms. The fraction of sp³-hybridized carbons (Fsp3) is 0.292. The van der Waals surface area contributed by atoms with Gasteiger partial charge in [-0.3, -0.25) is 4.98 Å². The van der Waals surface area contributed by atoms with Crippen molar-refractivity contribution in [2.24, 2.45) is 11.7 Å². The second kappa shape index (κ2) is 7.72. The van der Waals surface area contributed by atoms with Crippen molar-refractivity contribution < 1.29 is 13.9 Å². The average Bonchev–Trinajstić information content (AvgIpc) is 3.20. The molecule has 0 amide bonds. The Kier molecular flexibility index (Phi) is 4.98. The van der Waals surface area contributed by atoms with Gasteiger partial charge >= 0.3 is 0 Å². The van der Waals surface area contributed by atoms with Crippen LogP contribution in [0, 0.1) is 5.92 Å². The van der Waals surface area contributed by atoms with Crippen molar-refractivity contribution in [3.63, 3.8) is 0 Å². The lowest BCUT2D eigenvalue weighted by Gasteiger charge is -2.42. The fourth-order valence-electron chi connectivity index (χ4n) is 4.22. The van der Waals surface area contributed by atoms with Gasteiger partial charge in [-0.2, -0.15) is 5.10 Å². The second-order valence-electron chi connectivity index (χ2n) is 8.56. The highest BCUT2D eigenvalue weighted by atomic mass is 19.3. The van der Waals surface area contributed by atoms with Crippen LogP contribution in [0.5, 0.6) is 0 Å². The minimum atomic E-state index is -2.65. The van der Waals surface area contributed by atoms with Crippen molar-refractivity contribution in [1.29, 1.82) is 0 Å². The maximum atomic E-state index is 13.1. The van der Waals surface area contributed by atoms with Gasteiger partial charge in [0, 0.05) is 10.9 Å². The monoisotopic (exact) mass is 435 g/mol. The number of halogens is 2. The highest BCUT2D eigenvalue weighted by Crippen LogP contribution is 2.40. The number of aliphatic hydroxyl groups excluding tert-OH is 1. The summed E-state index contributed by atoms with van der Waals surface area (Å²) < 4.78 is 27.8. The quantitative estimate of drug-likeness (QED) is 0.486. The smallest absolute Gasteiger partial charge is 0.280 e. The van der Waals surface area contributed by atoms with Gasteiger partial charge < -0.3 is 10.8 Å². The maximum absolute atomic E-state index is 13.1. The predicted molar refractivity (Wildman–Crippen MR) is 117 cm³/mol. The number of alkyl halides is 2. The number of aliphatic hydroxyl groups is 1. The third-order valence-corrected chi connectivity index (χ3v) is 6.33. The topological polar surface area (TPSA) is 89.9 Å². The number of hydrogen-bond donors (Lipinski definition) is 2. The van der Waals surface area contributed by atoms with Crippen LogP contribution < -0.4 is 5.73 Å². The summed E-state index contributed by atoms with van der Waals surface area (Å²) in [6, 6.07) is 16.0. The molecular weight excluding hydrogens is 412 g/mol. The molecule has 1 unspecified atom stereocenters. The van der Waals surface area contributed by atoms with Crippen LogP contribution in [0.1, 0.15) is 37.6 Å². The van der Waals surface area contributed by atoms with Crippen LogP contribution in [0.15, 0.2) is 60.8 Å². The lowest BCUT2D eigenvalue weighted by atomic mass is 9.69. The van der Waals surface area contributed by atoms with E-state index in [-0.39, 0.29) is 17.7 Å². The van der Waals surface area contributed by atoms with E-state index in [1.165, 1.54) is 6.07 Å². The molecule has 1 fully saturated rings. The van der Waals surface area contributed by atoms with Crippen LogP contribution in [0.4, 0.5) is 8.78 Å². The third-order valence-electron chi connectivity index (χ3n) is 6.33. The van der Waals surface area contributed by atoms with Gasteiger partial charge in [0.1, 0.15) is 5.69 Å². The molecule has 1 saturated carbocycles. The number of fused-ring (bicyclic) bond motifs is 1. The van der Waals surface area contributed by atoms with Gasteiger partial charge in [-0.1, -0.05) is 24.3 Å². The molecule has 3 N–H and O–H groups in total. The summed E-state index contributed by atoms with van der Waals surface area (Å²) in [5.74, 6) is 0.507. The van der Waals surface area contributed by atoms with E-state index in [4.69, 9.17) is 10.7 Å². The molecular formula is C24H23F2N5O. The van der Waals surface area contributed by atoms with Crippen LogP contribution in [0.2, 0.25) is 0 Å². The van der Waals surface area contributed by atoms with Crippen LogP contribution >= 0.6 is 0 Å². The van der Waals surface area contributed by atoms with Gasteiger partial charge in [0.2, 0.25) is 0 Å². The van der Waals surface area contributed by atoms with E-state index in [1.54, 1.807) is 23.0 Å². The van der Waals surface area contributed by atoms with Gasteiger partial charge in [-0.25, -0.2) is 18.4 Å². The van der Waals surface area contributed by atoms with Gasteiger partial charge in [-0.15, -0.1) is 0 Å². The Bertz CT molecular complexity index is 1280. The molecule has 164 valence electrons. The van der Waals surface area contributed by atoms with Crippen molar-refractivity contribution in [1.82, 2.24) is 19.7 Å². The Morgan fingerprint density at radius 3 is 2.62 bits per heavy atom. The summed E-state index contributed by atoms with van der Waals surface area (Å²) in [5.41, 5.74) is 8.80. The summed E-state index contributed by atoms with van der Waals surface area (Å²) in [4.78, 5) is 8.88. The average molecular weight is 435 g/mol. The van der Waals surface area contributed by atoms with Crippen molar-refractivity contribution in [2.45, 2.75) is 37.8 Å². The zero-order valence-electron chi connectivity index (χ0n) is 17.5. The molecule has 4 aromatic rings. The minimum Gasteiger partial charge on any atom is -0.393 e. The van der Waals surface area contributed by atoms with Gasteiger partial charge in [-0.05, 0) is 56.0 Å². The van der Waals surface area contributed by atoms with E-state index in [9.17, 15) is 13.9 Å². The second-order valence-corrected chi connectivity index (χ2v) is 8.56. The number of pyridine rings is 2. The van der Waals surface area contributed by atoms with Gasteiger partial charge in [0.25, 0.3) is 6.43 Å². The van der Waals surface area contributed by atoms with Crippen molar-refractivity contribution in [2.75, 3.05) is 0 Å². The Morgan fingerprint density at radius 2 is 1.88 bits per heavy atom. The largest absolute Gasteiger partial charge is 0.393 e. The molecule has 32 heavy (non-hydrogen) atoms. The Morgan fingerprint density at radius 1 is 1.09 bits per heavy atom. The van der Waals surface area contributed by atoms with Crippen molar-refractivity contribution >= 4 is 10.9 Å². The summed E-state index contributed by atoms with van der Waals surface area (Å²) in [6.07, 6.45) is 0.0923. The lowest BCUT2D eigenvalue weighted by molar-refractivity contribution is 0.00574. The van der Waals surface area contributed by atoms with Crippen LogP contribution in [0.3, 0.4) is 0 Å². The van der Waals surface area contributed by atoms with E-state index in [2.05, 4.69) is 10.1 Å². The maximum Gasteiger partial charge on any atom is 0.280 e. The standard InChI is InChI=1S/C24H23F2N5O/c1-24(27,16-11-17(32)12-16)21-6-2-4-18(29-21)14-8-9-15-13-28-31(20(15)10-14)22-7-3-5-19(30-22)23(25)26/h2-10,13,16-17,23,32H,11-12,27H2,1H3. The normalized spacial score (nSPS) is 20.3. The van der Waals surface area contributed by atoms with Crippen molar-refractivity contribution in [3.05, 3.63) is 72.2 Å². The van der Waals surface area contributed by atoms with E-state index in [0.29, 0.717) is 18.7 Å². The summed E-state index contributed by atoms with van der Waals surface area (Å²) in [5, 5.41) is 14.9. The van der Waals surface area contributed by atoms with E-state index in [0.717, 1.165) is 27.9 Å². The number of hydrogen-bond acceptors (Lipinski definition) is 5. The van der Waals surface area contributed by atoms with Crippen LogP contribution in [-0.2, 0) is 5.54 Å². The first-order chi connectivity index (χ1) is 15.3. The predicted octanol–water partition coefficient (Wildman–Crippen LogP) is 4.36. The molecule has 0 aliphatic heterocycles. The molecule has 1 aromatic carbocycles. The van der Waals surface area contributed by atoms with E-state index < -0.39 is 12.0 Å². The molecule has 1 atom stereocenters. The highest BCUT2D eigenvalue weighted by molar-refractivity contribution is 5.84. The molecule has 6 nitrogen and oxygen atoms in total. The fourth-order valence-corrected chi connectivity index (χ4v) is 4.22. The molecule has 1 aliphatic rings. The Hall–Kier alpha value is -3.23. The zero-order valence-corrected chi connectivity index (χ0v) is 17.5. The number of nitrogens with two attached hydrogens (primary N) is 1. The number of rotatable bonds is 5. The summed E-state index contributed by atoms with van der Waals surface area (Å²) in [6.45, 7) is 1.95. The number of nitrogens with zero attached hydrogens (tertiary/aromatic N) is 4. The molecule has 3 aromatic heterocycles. The van der Waals surface area contributed by atoms with Gasteiger partial charge in [0.15, 0.2) is 5.82 Å². The molecule has 5 rings (SSSR count). The molecule has 0 bridgehead atoms. The Balaban J connectivity index is 1.54. The zero-order chi connectivity index (χ0) is 22.5. The van der Waals surface area contributed by atoms with E-state index >= 15 is 0 Å². The summed E-state index contributed by atoms with van der Waals surface area (Å²) >= 11 is 0. The molecule has 0 radical (unpaired) electrons.